The van der Waals surface area contributed by atoms with Crippen molar-refractivity contribution in [1.82, 2.24) is 19.4 Å². The van der Waals surface area contributed by atoms with Crippen molar-refractivity contribution in [3.63, 3.8) is 0 Å². The highest BCUT2D eigenvalue weighted by Gasteiger charge is 2.21. The van der Waals surface area contributed by atoms with Gasteiger partial charge >= 0.3 is 5.97 Å². The molecule has 0 unspecified atom stereocenters. The molecule has 4 aromatic rings. The number of hydrogen-bond acceptors (Lipinski definition) is 9. The van der Waals surface area contributed by atoms with E-state index in [1.165, 1.54) is 38.8 Å². The fraction of sp³-hybridized carbons (Fsp3) is 0.278. The summed E-state index contributed by atoms with van der Waals surface area (Å²) in [6.07, 6.45) is 1.72. The molecule has 0 atom stereocenters. The summed E-state index contributed by atoms with van der Waals surface area (Å²) in [5.41, 5.74) is 1.42. The van der Waals surface area contributed by atoms with Crippen molar-refractivity contribution < 1.29 is 9.53 Å². The summed E-state index contributed by atoms with van der Waals surface area (Å²) in [7, 11) is 0. The summed E-state index contributed by atoms with van der Waals surface area (Å²) < 4.78 is 6.68. The molecule has 4 heterocycles. The van der Waals surface area contributed by atoms with E-state index in [1.807, 2.05) is 19.2 Å². The minimum atomic E-state index is -0.338. The third kappa shape index (κ3) is 3.43. The Labute approximate surface area is 172 Å². The number of fused-ring (bicyclic) bond motifs is 2. The Morgan fingerprint density at radius 3 is 2.89 bits per heavy atom. The van der Waals surface area contributed by atoms with Gasteiger partial charge in [0, 0.05) is 28.8 Å². The minimum Gasteiger partial charge on any atom is -0.462 e. The van der Waals surface area contributed by atoms with Gasteiger partial charge in [-0.3, -0.25) is 9.20 Å². The number of esters is 1. The van der Waals surface area contributed by atoms with Crippen LogP contribution in [0.5, 0.6) is 0 Å². The van der Waals surface area contributed by atoms with Crippen LogP contribution in [0.2, 0.25) is 0 Å². The predicted octanol–water partition coefficient (Wildman–Crippen LogP) is 3.85. The van der Waals surface area contributed by atoms with Crippen LogP contribution in [0.3, 0.4) is 0 Å². The van der Waals surface area contributed by atoms with Gasteiger partial charge in [0.05, 0.1) is 12.3 Å². The first-order chi connectivity index (χ1) is 13.5. The van der Waals surface area contributed by atoms with Gasteiger partial charge in [-0.05, 0) is 26.3 Å². The van der Waals surface area contributed by atoms with Crippen molar-refractivity contribution in [2.45, 2.75) is 31.6 Å². The van der Waals surface area contributed by atoms with E-state index in [2.05, 4.69) is 15.0 Å². The molecule has 0 N–H and O–H groups in total. The molecule has 4 aromatic heterocycles. The molecule has 7 nitrogen and oxygen atoms in total. The lowest BCUT2D eigenvalue weighted by Gasteiger charge is -2.05. The van der Waals surface area contributed by atoms with Gasteiger partial charge in [-0.1, -0.05) is 11.8 Å². The molecule has 0 aliphatic rings. The summed E-state index contributed by atoms with van der Waals surface area (Å²) in [5.74, 6) is 0.794. The van der Waals surface area contributed by atoms with Gasteiger partial charge < -0.3 is 4.74 Å². The summed E-state index contributed by atoms with van der Waals surface area (Å²) in [6, 6.07) is 1.54. The zero-order valence-electron chi connectivity index (χ0n) is 15.4. The largest absolute Gasteiger partial charge is 0.462 e. The second-order valence-corrected chi connectivity index (χ2v) is 8.80. The van der Waals surface area contributed by atoms with Crippen LogP contribution in [0.25, 0.3) is 15.2 Å². The van der Waals surface area contributed by atoms with Crippen LogP contribution in [0.4, 0.5) is 0 Å². The Morgan fingerprint density at radius 1 is 1.29 bits per heavy atom. The second-order valence-electron chi connectivity index (χ2n) is 5.96. The number of rotatable bonds is 5. The molecule has 0 bridgehead atoms. The van der Waals surface area contributed by atoms with Crippen LogP contribution in [0, 0.1) is 13.8 Å². The molecule has 0 saturated carbocycles. The highest BCUT2D eigenvalue weighted by atomic mass is 32.2. The van der Waals surface area contributed by atoms with Gasteiger partial charge in [-0.25, -0.2) is 19.7 Å². The molecule has 0 saturated heterocycles. The topological polar surface area (TPSA) is 86.5 Å². The third-order valence-corrected chi connectivity index (χ3v) is 6.97. The normalized spacial score (nSPS) is 11.4. The third-order valence-electron chi connectivity index (χ3n) is 4.04. The Kier molecular flexibility index (Phi) is 5.17. The molecule has 144 valence electrons. The first kappa shape index (κ1) is 19.0. The van der Waals surface area contributed by atoms with Crippen LogP contribution in [0.1, 0.15) is 33.7 Å². The van der Waals surface area contributed by atoms with Crippen molar-refractivity contribution in [2.24, 2.45) is 0 Å². The molecule has 10 heteroatoms. The highest BCUT2D eigenvalue weighted by Crippen LogP contribution is 2.36. The number of thiazole rings is 1. The van der Waals surface area contributed by atoms with Crippen LogP contribution < -0.4 is 5.56 Å². The first-order valence-corrected chi connectivity index (χ1v) is 11.2. The van der Waals surface area contributed by atoms with Crippen molar-refractivity contribution in [3.8, 4) is 0 Å². The standard InChI is InChI=1S/C18H16N4O3S3/c1-4-25-17(24)14-9(2)13-15(19-10(3)20-16(13)28-14)27-8-11-7-12(23)22-5-6-26-18(22)21-11/h5-7H,4,8H2,1-3H3. The van der Waals surface area contributed by atoms with Gasteiger partial charge in [-0.2, -0.15) is 0 Å². The maximum atomic E-state index is 12.2. The van der Waals surface area contributed by atoms with E-state index in [0.717, 1.165) is 20.8 Å². The Morgan fingerprint density at radius 2 is 2.11 bits per heavy atom. The van der Waals surface area contributed by atoms with E-state index in [9.17, 15) is 9.59 Å². The van der Waals surface area contributed by atoms with Crippen LogP contribution in [-0.2, 0) is 10.5 Å². The lowest BCUT2D eigenvalue weighted by Crippen LogP contribution is -2.12. The maximum absolute atomic E-state index is 12.2. The fourth-order valence-corrected chi connectivity index (χ4v) is 5.75. The van der Waals surface area contributed by atoms with Crippen molar-refractivity contribution in [1.29, 1.82) is 0 Å². The number of aryl methyl sites for hydroxylation is 2. The van der Waals surface area contributed by atoms with Crippen molar-refractivity contribution in [2.75, 3.05) is 6.61 Å². The van der Waals surface area contributed by atoms with Gasteiger partial charge in [0.15, 0.2) is 4.96 Å². The molecule has 0 spiro atoms. The van der Waals surface area contributed by atoms with Gasteiger partial charge in [0.2, 0.25) is 0 Å². The van der Waals surface area contributed by atoms with Crippen LogP contribution in [0.15, 0.2) is 27.5 Å². The first-order valence-electron chi connectivity index (χ1n) is 8.51. The van der Waals surface area contributed by atoms with E-state index in [1.54, 1.807) is 19.2 Å². The lowest BCUT2D eigenvalue weighted by atomic mass is 10.2. The monoisotopic (exact) mass is 432 g/mol. The molecular formula is C18H16N4O3S3. The summed E-state index contributed by atoms with van der Waals surface area (Å²) in [4.78, 5) is 40.0. The molecule has 0 radical (unpaired) electrons. The van der Waals surface area contributed by atoms with Crippen LogP contribution >= 0.6 is 34.4 Å². The average molecular weight is 433 g/mol. The molecule has 0 aliphatic heterocycles. The highest BCUT2D eigenvalue weighted by molar-refractivity contribution is 7.98. The minimum absolute atomic E-state index is 0.0952. The number of aromatic nitrogens is 4. The number of carbonyl (C=O) groups excluding carboxylic acids is 1. The fourth-order valence-electron chi connectivity index (χ4n) is 2.80. The molecule has 28 heavy (non-hydrogen) atoms. The summed E-state index contributed by atoms with van der Waals surface area (Å²) in [5, 5.41) is 3.47. The lowest BCUT2D eigenvalue weighted by molar-refractivity contribution is 0.0531. The predicted molar refractivity (Wildman–Crippen MR) is 112 cm³/mol. The van der Waals surface area contributed by atoms with Gasteiger partial charge in [0.1, 0.15) is 20.6 Å². The summed E-state index contributed by atoms with van der Waals surface area (Å²) in [6.45, 7) is 5.82. The molecule has 0 aliphatic carbocycles. The molecular weight excluding hydrogens is 416 g/mol. The van der Waals surface area contributed by atoms with Gasteiger partial charge in [0.25, 0.3) is 5.56 Å². The summed E-state index contributed by atoms with van der Waals surface area (Å²) >= 11 is 4.23. The van der Waals surface area contributed by atoms with E-state index in [0.29, 0.717) is 33.7 Å². The van der Waals surface area contributed by atoms with Gasteiger partial charge in [-0.15, -0.1) is 22.7 Å². The Hall–Kier alpha value is -2.30. The van der Waals surface area contributed by atoms with Crippen molar-refractivity contribution in [3.05, 3.63) is 50.0 Å². The second kappa shape index (κ2) is 7.61. The van der Waals surface area contributed by atoms with E-state index in [4.69, 9.17) is 4.74 Å². The van der Waals surface area contributed by atoms with Crippen LogP contribution in [-0.4, -0.2) is 31.9 Å². The van der Waals surface area contributed by atoms with Crippen molar-refractivity contribution >= 4 is 55.6 Å². The van der Waals surface area contributed by atoms with E-state index >= 15 is 0 Å². The number of carbonyl (C=O) groups is 1. The number of nitrogens with zero attached hydrogens (tertiary/aromatic N) is 4. The number of ether oxygens (including phenoxy) is 1. The maximum Gasteiger partial charge on any atom is 0.348 e. The average Bonchev–Trinajstić information content (AvgIpc) is 3.25. The van der Waals surface area contributed by atoms with E-state index < -0.39 is 0 Å². The molecule has 0 aromatic carbocycles. The Bertz CT molecular complexity index is 1260. The number of hydrogen-bond donors (Lipinski definition) is 0. The zero-order chi connectivity index (χ0) is 19.8. The molecule has 0 amide bonds. The zero-order valence-corrected chi connectivity index (χ0v) is 17.8. The molecule has 0 fully saturated rings. The quantitative estimate of drug-likeness (QED) is 0.269. The molecule has 4 rings (SSSR count). The number of thiophene rings is 1. The Balaban J connectivity index is 1.71. The van der Waals surface area contributed by atoms with E-state index in [-0.39, 0.29) is 11.5 Å². The smallest absolute Gasteiger partial charge is 0.348 e. The number of thioether (sulfide) groups is 1. The SMILES string of the molecule is CCOC(=O)c1sc2nc(C)nc(SCc3cc(=O)n4ccsc4n3)c2c1C.